The van der Waals surface area contributed by atoms with E-state index in [0.29, 0.717) is 0 Å². The predicted octanol–water partition coefficient (Wildman–Crippen LogP) is 13.0. The molecule has 0 atom stereocenters. The Balaban J connectivity index is 3.19. The molecule has 0 radical (unpaired) electrons. The van der Waals surface area contributed by atoms with Crippen LogP contribution in [0, 0.1) is 0 Å². The predicted molar refractivity (Wildman–Crippen MR) is 165 cm³/mol. The van der Waals surface area contributed by atoms with Crippen molar-refractivity contribution in [2.75, 3.05) is 6.61 Å². The van der Waals surface area contributed by atoms with E-state index in [1.807, 2.05) is 0 Å². The van der Waals surface area contributed by atoms with Gasteiger partial charge in [-0.25, -0.2) is 0 Å². The number of unbranched alkanes of at least 4 members (excludes halogenated alkanes) is 24. The van der Waals surface area contributed by atoms with E-state index < -0.39 is 0 Å². The molecular formula is C35H68O. The second kappa shape index (κ2) is 32.3. The van der Waals surface area contributed by atoms with Crippen LogP contribution in [0.5, 0.6) is 0 Å². The van der Waals surface area contributed by atoms with Gasteiger partial charge >= 0.3 is 0 Å². The van der Waals surface area contributed by atoms with E-state index in [2.05, 4.69) is 32.6 Å². The van der Waals surface area contributed by atoms with Gasteiger partial charge < -0.3 is 4.74 Å². The summed E-state index contributed by atoms with van der Waals surface area (Å²) in [4.78, 5) is 0. The summed E-state index contributed by atoms with van der Waals surface area (Å²) in [7, 11) is 0. The van der Waals surface area contributed by atoms with E-state index >= 15 is 0 Å². The summed E-state index contributed by atoms with van der Waals surface area (Å²) in [6, 6.07) is 0. The average molecular weight is 505 g/mol. The molecule has 0 aliphatic rings. The van der Waals surface area contributed by atoms with Crippen molar-refractivity contribution in [3.8, 4) is 0 Å². The van der Waals surface area contributed by atoms with Crippen LogP contribution < -0.4 is 0 Å². The van der Waals surface area contributed by atoms with Gasteiger partial charge in [0.05, 0.1) is 12.4 Å². The Morgan fingerprint density at radius 1 is 0.444 bits per heavy atom. The van der Waals surface area contributed by atoms with E-state index in [-0.39, 0.29) is 0 Å². The standard InChI is InChI=1S/C35H68O/c1-4-6-8-10-12-14-16-18-20-21-23-25-27-29-31-33-35(3)36-34-32-30-28-26-24-22-19-17-15-13-11-9-7-5-2/h18,20H,3-17,19,21-34H2,1-2H3/b20-18-. The molecule has 0 heterocycles. The second-order valence-corrected chi connectivity index (χ2v) is 11.3. The molecule has 0 amide bonds. The summed E-state index contributed by atoms with van der Waals surface area (Å²) >= 11 is 0. The van der Waals surface area contributed by atoms with Crippen LogP contribution in [0.3, 0.4) is 0 Å². The second-order valence-electron chi connectivity index (χ2n) is 11.3. The van der Waals surface area contributed by atoms with Gasteiger partial charge in [0.25, 0.3) is 0 Å². The van der Waals surface area contributed by atoms with Crippen molar-refractivity contribution < 1.29 is 4.74 Å². The highest BCUT2D eigenvalue weighted by molar-refractivity contribution is 4.82. The smallest absolute Gasteiger partial charge is 0.0888 e. The lowest BCUT2D eigenvalue weighted by Gasteiger charge is -2.09. The van der Waals surface area contributed by atoms with Gasteiger partial charge in [-0.1, -0.05) is 167 Å². The van der Waals surface area contributed by atoms with Crippen molar-refractivity contribution in [3.63, 3.8) is 0 Å². The zero-order valence-corrected chi connectivity index (χ0v) is 25.3. The van der Waals surface area contributed by atoms with E-state index in [0.717, 1.165) is 18.8 Å². The quantitative estimate of drug-likeness (QED) is 0.0518. The number of rotatable bonds is 31. The Kier molecular flexibility index (Phi) is 31.7. The molecule has 0 aliphatic heterocycles. The van der Waals surface area contributed by atoms with Gasteiger partial charge in [0.2, 0.25) is 0 Å². The molecule has 0 saturated carbocycles. The Morgan fingerprint density at radius 2 is 0.778 bits per heavy atom. The first-order valence-electron chi connectivity index (χ1n) is 16.8. The third-order valence-corrected chi connectivity index (χ3v) is 7.52. The molecule has 0 aromatic carbocycles. The summed E-state index contributed by atoms with van der Waals surface area (Å²) < 4.78 is 5.86. The first kappa shape index (κ1) is 35.3. The molecule has 0 saturated heterocycles. The zero-order chi connectivity index (χ0) is 26.2. The van der Waals surface area contributed by atoms with Gasteiger partial charge in [-0.2, -0.15) is 0 Å². The van der Waals surface area contributed by atoms with E-state index in [1.54, 1.807) is 0 Å². The van der Waals surface area contributed by atoms with Gasteiger partial charge in [0, 0.05) is 6.42 Å². The molecular weight excluding hydrogens is 436 g/mol. The van der Waals surface area contributed by atoms with Gasteiger partial charge in [-0.05, 0) is 38.5 Å². The highest BCUT2D eigenvalue weighted by Gasteiger charge is 1.98. The molecule has 0 spiro atoms. The normalized spacial score (nSPS) is 11.5. The number of allylic oxidation sites excluding steroid dienone is 3. The SMILES string of the molecule is C=C(CCCCCCC/C=C\CCCCCCCC)OCCCCCCCCCCCCCCCC. The van der Waals surface area contributed by atoms with Crippen LogP contribution in [0.2, 0.25) is 0 Å². The van der Waals surface area contributed by atoms with Crippen molar-refractivity contribution in [1.29, 1.82) is 0 Å². The summed E-state index contributed by atoms with van der Waals surface area (Å²) in [5.41, 5.74) is 0. The van der Waals surface area contributed by atoms with Gasteiger partial charge in [0.1, 0.15) is 0 Å². The molecule has 0 fully saturated rings. The monoisotopic (exact) mass is 505 g/mol. The summed E-state index contributed by atoms with van der Waals surface area (Å²) in [6.07, 6.45) is 43.2. The number of ether oxygens (including phenoxy) is 1. The molecule has 1 heteroatoms. The lowest BCUT2D eigenvalue weighted by atomic mass is 10.0. The number of hydrogen-bond acceptors (Lipinski definition) is 1. The first-order chi connectivity index (χ1) is 17.8. The zero-order valence-electron chi connectivity index (χ0n) is 25.3. The topological polar surface area (TPSA) is 9.23 Å². The molecule has 36 heavy (non-hydrogen) atoms. The molecule has 0 unspecified atom stereocenters. The Labute approximate surface area is 229 Å². The summed E-state index contributed by atoms with van der Waals surface area (Å²) in [5.74, 6) is 1.02. The minimum Gasteiger partial charge on any atom is -0.499 e. The molecule has 0 rings (SSSR count). The third kappa shape index (κ3) is 31.3. The Bertz CT molecular complexity index is 438. The molecule has 0 aliphatic carbocycles. The van der Waals surface area contributed by atoms with Crippen LogP contribution in [0.25, 0.3) is 0 Å². The van der Waals surface area contributed by atoms with Crippen molar-refractivity contribution in [1.82, 2.24) is 0 Å². The molecule has 1 nitrogen and oxygen atoms in total. The summed E-state index contributed by atoms with van der Waals surface area (Å²) in [6.45, 7) is 9.59. The Hall–Kier alpha value is -0.720. The lowest BCUT2D eigenvalue weighted by Crippen LogP contribution is -1.95. The molecule has 0 bridgehead atoms. The van der Waals surface area contributed by atoms with Crippen LogP contribution >= 0.6 is 0 Å². The van der Waals surface area contributed by atoms with E-state index in [4.69, 9.17) is 4.74 Å². The van der Waals surface area contributed by atoms with Crippen LogP contribution in [-0.4, -0.2) is 6.61 Å². The fourth-order valence-corrected chi connectivity index (χ4v) is 4.98. The van der Waals surface area contributed by atoms with Crippen molar-refractivity contribution in [2.45, 2.75) is 194 Å². The minimum absolute atomic E-state index is 0.877. The third-order valence-electron chi connectivity index (χ3n) is 7.52. The minimum atomic E-state index is 0.877. The fourth-order valence-electron chi connectivity index (χ4n) is 4.98. The molecule has 0 N–H and O–H groups in total. The highest BCUT2D eigenvalue weighted by Crippen LogP contribution is 2.15. The van der Waals surface area contributed by atoms with E-state index in [9.17, 15) is 0 Å². The van der Waals surface area contributed by atoms with Crippen LogP contribution in [0.15, 0.2) is 24.5 Å². The molecule has 0 aromatic heterocycles. The van der Waals surface area contributed by atoms with Crippen LogP contribution in [-0.2, 0) is 4.74 Å². The fraction of sp³-hybridized carbons (Fsp3) is 0.886. The molecule has 214 valence electrons. The van der Waals surface area contributed by atoms with Crippen molar-refractivity contribution in [2.24, 2.45) is 0 Å². The maximum Gasteiger partial charge on any atom is 0.0888 e. The maximum atomic E-state index is 5.86. The lowest BCUT2D eigenvalue weighted by molar-refractivity contribution is 0.195. The Morgan fingerprint density at radius 3 is 1.19 bits per heavy atom. The van der Waals surface area contributed by atoms with Gasteiger partial charge in [0.15, 0.2) is 0 Å². The molecule has 0 aromatic rings. The maximum absolute atomic E-state index is 5.86. The van der Waals surface area contributed by atoms with Crippen LogP contribution in [0.4, 0.5) is 0 Å². The van der Waals surface area contributed by atoms with Gasteiger partial charge in [-0.3, -0.25) is 0 Å². The van der Waals surface area contributed by atoms with Gasteiger partial charge in [-0.15, -0.1) is 0 Å². The largest absolute Gasteiger partial charge is 0.499 e. The highest BCUT2D eigenvalue weighted by atomic mass is 16.5. The average Bonchev–Trinajstić information content (AvgIpc) is 2.88. The summed E-state index contributed by atoms with van der Waals surface area (Å²) in [5, 5.41) is 0. The van der Waals surface area contributed by atoms with Crippen molar-refractivity contribution >= 4 is 0 Å². The van der Waals surface area contributed by atoms with Crippen molar-refractivity contribution in [3.05, 3.63) is 24.5 Å². The van der Waals surface area contributed by atoms with Crippen LogP contribution in [0.1, 0.15) is 194 Å². The van der Waals surface area contributed by atoms with E-state index in [1.165, 1.54) is 173 Å². The first-order valence-corrected chi connectivity index (χ1v) is 16.8. The number of hydrogen-bond donors (Lipinski definition) is 0.